The van der Waals surface area contributed by atoms with Gasteiger partial charge in [-0.2, -0.15) is 10.2 Å². The highest BCUT2D eigenvalue weighted by Gasteiger charge is 2.11. The zero-order valence-electron chi connectivity index (χ0n) is 16.1. The molecule has 31 heavy (non-hydrogen) atoms. The van der Waals surface area contributed by atoms with Gasteiger partial charge < -0.3 is 9.73 Å². The topological polar surface area (TPSA) is 92.7 Å². The number of azo groups is 1. The van der Waals surface area contributed by atoms with Crippen LogP contribution in [-0.4, -0.2) is 21.9 Å². The highest BCUT2D eigenvalue weighted by Crippen LogP contribution is 2.24. The SMILES string of the molecule is O=C(CSc1nnc(-c2ccc(F)cc2)o1)Nc1ccc(N=Nc2ccccc2)cc1. The molecule has 0 aliphatic carbocycles. The van der Waals surface area contributed by atoms with E-state index >= 15 is 0 Å². The molecule has 3 aromatic carbocycles. The first-order valence-corrected chi connectivity index (χ1v) is 10.2. The van der Waals surface area contributed by atoms with Crippen molar-refractivity contribution in [2.24, 2.45) is 10.2 Å². The molecule has 0 aliphatic rings. The van der Waals surface area contributed by atoms with E-state index in [0.717, 1.165) is 17.4 Å². The van der Waals surface area contributed by atoms with Crippen molar-refractivity contribution < 1.29 is 13.6 Å². The van der Waals surface area contributed by atoms with Crippen molar-refractivity contribution in [2.75, 3.05) is 11.1 Å². The lowest BCUT2D eigenvalue weighted by Crippen LogP contribution is -2.13. The average Bonchev–Trinajstić information content (AvgIpc) is 3.28. The molecule has 0 unspecified atom stereocenters. The summed E-state index contributed by atoms with van der Waals surface area (Å²) >= 11 is 1.12. The summed E-state index contributed by atoms with van der Waals surface area (Å²) in [5.74, 6) is -0.198. The third-order valence-electron chi connectivity index (χ3n) is 4.01. The van der Waals surface area contributed by atoms with Crippen LogP contribution in [0.3, 0.4) is 0 Å². The fourth-order valence-corrected chi connectivity index (χ4v) is 3.09. The summed E-state index contributed by atoms with van der Waals surface area (Å²) in [6.45, 7) is 0. The number of nitrogens with one attached hydrogen (secondary N) is 1. The monoisotopic (exact) mass is 433 g/mol. The molecule has 0 saturated carbocycles. The summed E-state index contributed by atoms with van der Waals surface area (Å²) in [5.41, 5.74) is 2.69. The molecule has 7 nitrogen and oxygen atoms in total. The fourth-order valence-electron chi connectivity index (χ4n) is 2.52. The highest BCUT2D eigenvalue weighted by molar-refractivity contribution is 7.99. The summed E-state index contributed by atoms with van der Waals surface area (Å²) in [4.78, 5) is 12.2. The van der Waals surface area contributed by atoms with Crippen LogP contribution in [0.25, 0.3) is 11.5 Å². The Morgan fingerprint density at radius 3 is 2.29 bits per heavy atom. The number of nitrogens with zero attached hydrogens (tertiary/aromatic N) is 4. The van der Waals surface area contributed by atoms with E-state index in [0.29, 0.717) is 16.9 Å². The molecular weight excluding hydrogens is 417 g/mol. The van der Waals surface area contributed by atoms with Crippen molar-refractivity contribution in [2.45, 2.75) is 5.22 Å². The van der Waals surface area contributed by atoms with Crippen molar-refractivity contribution in [3.8, 4) is 11.5 Å². The minimum Gasteiger partial charge on any atom is -0.411 e. The van der Waals surface area contributed by atoms with E-state index in [4.69, 9.17) is 4.42 Å². The van der Waals surface area contributed by atoms with Crippen molar-refractivity contribution >= 4 is 34.7 Å². The van der Waals surface area contributed by atoms with Crippen LogP contribution >= 0.6 is 11.8 Å². The fraction of sp³-hybridized carbons (Fsp3) is 0.0455. The summed E-state index contributed by atoms with van der Waals surface area (Å²) in [7, 11) is 0. The third-order valence-corrected chi connectivity index (χ3v) is 4.83. The van der Waals surface area contributed by atoms with E-state index in [2.05, 4.69) is 25.7 Å². The number of amides is 1. The maximum atomic E-state index is 13.0. The minimum absolute atomic E-state index is 0.0977. The van der Waals surface area contributed by atoms with Crippen LogP contribution in [0, 0.1) is 5.82 Å². The third kappa shape index (κ3) is 5.83. The molecule has 0 saturated heterocycles. The smallest absolute Gasteiger partial charge is 0.277 e. The normalized spacial score (nSPS) is 11.0. The summed E-state index contributed by atoms with van der Waals surface area (Å²) in [6, 6.07) is 22.2. The molecule has 154 valence electrons. The number of thioether (sulfide) groups is 1. The average molecular weight is 433 g/mol. The molecule has 0 fully saturated rings. The lowest BCUT2D eigenvalue weighted by Gasteiger charge is -2.04. The van der Waals surface area contributed by atoms with Gasteiger partial charge in [-0.15, -0.1) is 10.2 Å². The number of benzene rings is 3. The van der Waals surface area contributed by atoms with Gasteiger partial charge in [-0.1, -0.05) is 30.0 Å². The maximum absolute atomic E-state index is 13.0. The molecule has 4 rings (SSSR count). The minimum atomic E-state index is -0.346. The molecule has 0 spiro atoms. The number of rotatable bonds is 7. The first kappa shape index (κ1) is 20.4. The van der Waals surface area contributed by atoms with E-state index in [1.54, 1.807) is 36.4 Å². The Bertz CT molecular complexity index is 1180. The maximum Gasteiger partial charge on any atom is 0.277 e. The predicted molar refractivity (Wildman–Crippen MR) is 116 cm³/mol. The Balaban J connectivity index is 1.28. The molecule has 0 bridgehead atoms. The standard InChI is InChI=1S/C22H16FN5O2S/c23-16-8-6-15(7-9-16)21-27-28-22(30-21)31-14-20(29)24-17-10-12-19(13-11-17)26-25-18-4-2-1-3-5-18/h1-13H,14H2,(H,24,29). The Kier molecular flexibility index (Phi) is 6.44. The second-order valence-electron chi connectivity index (χ2n) is 6.30. The predicted octanol–water partition coefficient (Wildman–Crippen LogP) is 6.02. The number of aromatic nitrogens is 2. The number of halogens is 1. The van der Waals surface area contributed by atoms with Crippen LogP contribution in [0.15, 0.2) is 98.7 Å². The molecule has 4 aromatic rings. The molecule has 1 N–H and O–H groups in total. The Morgan fingerprint density at radius 2 is 1.58 bits per heavy atom. The van der Waals surface area contributed by atoms with E-state index in [1.807, 2.05) is 30.3 Å². The number of anilines is 1. The zero-order valence-corrected chi connectivity index (χ0v) is 16.9. The van der Waals surface area contributed by atoms with Gasteiger partial charge in [0.15, 0.2) is 0 Å². The van der Waals surface area contributed by atoms with E-state index in [9.17, 15) is 9.18 Å². The largest absolute Gasteiger partial charge is 0.411 e. The lowest BCUT2D eigenvalue weighted by molar-refractivity contribution is -0.113. The highest BCUT2D eigenvalue weighted by atomic mass is 32.2. The second kappa shape index (κ2) is 9.77. The number of hydrogen-bond donors (Lipinski definition) is 1. The van der Waals surface area contributed by atoms with Crippen LogP contribution in [0.2, 0.25) is 0 Å². The molecule has 1 aromatic heterocycles. The first-order valence-electron chi connectivity index (χ1n) is 9.25. The number of hydrogen-bond acceptors (Lipinski definition) is 7. The molecule has 9 heteroatoms. The summed E-state index contributed by atoms with van der Waals surface area (Å²) < 4.78 is 18.5. The second-order valence-corrected chi connectivity index (χ2v) is 7.23. The van der Waals surface area contributed by atoms with E-state index in [1.165, 1.54) is 12.1 Å². The van der Waals surface area contributed by atoms with Crippen molar-refractivity contribution in [1.29, 1.82) is 0 Å². The molecular formula is C22H16FN5O2S. The van der Waals surface area contributed by atoms with Crippen molar-refractivity contribution in [3.63, 3.8) is 0 Å². The Labute approximate surface area is 181 Å². The van der Waals surface area contributed by atoms with Crippen LogP contribution in [0.5, 0.6) is 0 Å². The lowest BCUT2D eigenvalue weighted by atomic mass is 10.2. The van der Waals surface area contributed by atoms with Crippen molar-refractivity contribution in [1.82, 2.24) is 10.2 Å². The van der Waals surface area contributed by atoms with Gasteiger partial charge in [0.05, 0.1) is 17.1 Å². The van der Waals surface area contributed by atoms with Crippen LogP contribution in [0.4, 0.5) is 21.5 Å². The van der Waals surface area contributed by atoms with Crippen LogP contribution < -0.4 is 5.32 Å². The van der Waals surface area contributed by atoms with E-state index in [-0.39, 0.29) is 28.6 Å². The molecule has 1 heterocycles. The van der Waals surface area contributed by atoms with Crippen molar-refractivity contribution in [3.05, 3.63) is 84.7 Å². The van der Waals surface area contributed by atoms with Gasteiger partial charge in [0, 0.05) is 11.3 Å². The van der Waals surface area contributed by atoms with Gasteiger partial charge in [0.25, 0.3) is 5.22 Å². The van der Waals surface area contributed by atoms with Gasteiger partial charge >= 0.3 is 0 Å². The van der Waals surface area contributed by atoms with Gasteiger partial charge in [0.2, 0.25) is 11.8 Å². The van der Waals surface area contributed by atoms with Gasteiger partial charge in [0.1, 0.15) is 5.82 Å². The number of carbonyl (C=O) groups is 1. The van der Waals surface area contributed by atoms with E-state index < -0.39 is 0 Å². The quantitative estimate of drug-likeness (QED) is 0.284. The Morgan fingerprint density at radius 1 is 0.903 bits per heavy atom. The molecule has 0 atom stereocenters. The van der Waals surface area contributed by atoms with Gasteiger partial charge in [-0.05, 0) is 60.7 Å². The molecule has 0 aliphatic heterocycles. The van der Waals surface area contributed by atoms with Crippen LogP contribution in [0.1, 0.15) is 0 Å². The zero-order chi connectivity index (χ0) is 21.5. The number of carbonyl (C=O) groups excluding carboxylic acids is 1. The van der Waals surface area contributed by atoms with Gasteiger partial charge in [-0.25, -0.2) is 4.39 Å². The Hall–Kier alpha value is -3.85. The van der Waals surface area contributed by atoms with Gasteiger partial charge in [-0.3, -0.25) is 4.79 Å². The summed E-state index contributed by atoms with van der Waals surface area (Å²) in [6.07, 6.45) is 0. The van der Waals surface area contributed by atoms with Crippen LogP contribution in [-0.2, 0) is 4.79 Å². The molecule has 0 radical (unpaired) electrons. The molecule has 1 amide bonds. The summed E-state index contributed by atoms with van der Waals surface area (Å²) in [5, 5.41) is 19.2. The first-order chi connectivity index (χ1) is 15.2.